The molecule has 0 bridgehead atoms. The Labute approximate surface area is 98.8 Å². The molecule has 17 heavy (non-hydrogen) atoms. The first kappa shape index (κ1) is 11.0. The highest BCUT2D eigenvalue weighted by Gasteiger charge is 2.07. The van der Waals surface area contributed by atoms with E-state index < -0.39 is 0 Å². The molecule has 0 atom stereocenters. The van der Waals surface area contributed by atoms with Gasteiger partial charge in [-0.15, -0.1) is 5.11 Å². The average Bonchev–Trinajstić information content (AvgIpc) is 2.40. The van der Waals surface area contributed by atoms with E-state index in [4.69, 9.17) is 5.53 Å². The minimum Gasteiger partial charge on any atom is -0.320 e. The summed E-state index contributed by atoms with van der Waals surface area (Å²) in [7, 11) is 0. The molecule has 0 aromatic heterocycles. The monoisotopic (exact) mass is 224 g/mol. The molecule has 1 radical (unpaired) electrons. The smallest absolute Gasteiger partial charge is 0.255 e. The topological polar surface area (TPSA) is 63.8 Å². The highest BCUT2D eigenvalue weighted by Crippen LogP contribution is 2.23. The number of carbonyl (C=O) groups is 1. The molecule has 4 nitrogen and oxygen atoms in total. The number of nitrogens with one attached hydrogen (secondary N) is 1. The standard InChI is InChI=1S/C13H10N3O/c14-16-12-9-5-4-8-11(12)15-13(17)10-6-2-1-3-7-10/h1-9H,(H,15,17). The van der Waals surface area contributed by atoms with Gasteiger partial charge in [-0.3, -0.25) is 4.79 Å². The maximum absolute atomic E-state index is 11.8. The maximum atomic E-state index is 11.8. The van der Waals surface area contributed by atoms with Gasteiger partial charge in [-0.25, -0.2) is 0 Å². The summed E-state index contributed by atoms with van der Waals surface area (Å²) in [4.78, 5) is 11.8. The molecule has 4 heteroatoms. The minimum absolute atomic E-state index is 0.235. The molecule has 1 amide bonds. The zero-order chi connectivity index (χ0) is 12.1. The quantitative estimate of drug-likeness (QED) is 0.800. The van der Waals surface area contributed by atoms with Crippen molar-refractivity contribution in [2.75, 3.05) is 5.32 Å². The van der Waals surface area contributed by atoms with Gasteiger partial charge in [0.05, 0.1) is 5.69 Å². The van der Waals surface area contributed by atoms with Gasteiger partial charge in [-0.05, 0) is 29.8 Å². The van der Waals surface area contributed by atoms with E-state index in [0.29, 0.717) is 16.9 Å². The van der Waals surface area contributed by atoms with Crippen LogP contribution < -0.4 is 10.8 Å². The Hall–Kier alpha value is -2.49. The van der Waals surface area contributed by atoms with Gasteiger partial charge in [0.25, 0.3) is 5.91 Å². The Bertz CT molecular complexity index is 537. The third-order valence-corrected chi connectivity index (χ3v) is 2.30. The predicted molar refractivity (Wildman–Crippen MR) is 65.1 cm³/mol. The first-order valence-corrected chi connectivity index (χ1v) is 5.12. The summed E-state index contributed by atoms with van der Waals surface area (Å²) in [6.07, 6.45) is 0. The molecule has 2 rings (SSSR count). The molecule has 0 aliphatic carbocycles. The van der Waals surface area contributed by atoms with E-state index in [2.05, 4.69) is 10.4 Å². The fourth-order valence-electron chi connectivity index (χ4n) is 1.45. The molecular weight excluding hydrogens is 214 g/mol. The maximum Gasteiger partial charge on any atom is 0.255 e. The van der Waals surface area contributed by atoms with E-state index in [1.807, 2.05) is 6.07 Å². The van der Waals surface area contributed by atoms with Crippen LogP contribution in [0.1, 0.15) is 10.4 Å². The highest BCUT2D eigenvalue weighted by molar-refractivity contribution is 6.05. The zero-order valence-corrected chi connectivity index (χ0v) is 9.00. The van der Waals surface area contributed by atoms with Crippen molar-refractivity contribution in [1.29, 1.82) is 0 Å². The van der Waals surface area contributed by atoms with Crippen LogP contribution >= 0.6 is 0 Å². The lowest BCUT2D eigenvalue weighted by molar-refractivity contribution is 0.102. The fraction of sp³-hybridized carbons (Fsp3) is 0. The van der Waals surface area contributed by atoms with Crippen LogP contribution in [0.4, 0.5) is 11.4 Å². The molecule has 1 N–H and O–H groups in total. The summed E-state index contributed by atoms with van der Waals surface area (Å²) in [5, 5.41) is 5.79. The van der Waals surface area contributed by atoms with Crippen LogP contribution in [0, 0.1) is 0 Å². The summed E-state index contributed by atoms with van der Waals surface area (Å²) in [5.41, 5.74) is 10.1. The lowest BCUT2D eigenvalue weighted by Crippen LogP contribution is -2.11. The van der Waals surface area contributed by atoms with E-state index in [0.717, 1.165) is 0 Å². The number of hydrogen-bond acceptors (Lipinski definition) is 2. The third-order valence-electron chi connectivity index (χ3n) is 2.30. The molecule has 0 aliphatic rings. The number of amides is 1. The molecule has 0 spiro atoms. The van der Waals surface area contributed by atoms with Crippen molar-refractivity contribution in [3.8, 4) is 0 Å². The van der Waals surface area contributed by atoms with Crippen LogP contribution in [-0.4, -0.2) is 5.91 Å². The van der Waals surface area contributed by atoms with Crippen molar-refractivity contribution >= 4 is 17.3 Å². The van der Waals surface area contributed by atoms with Gasteiger partial charge in [-0.2, -0.15) is 0 Å². The fourth-order valence-corrected chi connectivity index (χ4v) is 1.45. The largest absolute Gasteiger partial charge is 0.320 e. The number of carbonyl (C=O) groups excluding carboxylic acids is 1. The number of benzene rings is 2. The van der Waals surface area contributed by atoms with E-state index in [9.17, 15) is 4.79 Å². The second-order valence-electron chi connectivity index (χ2n) is 3.44. The van der Waals surface area contributed by atoms with Crippen molar-refractivity contribution in [1.82, 2.24) is 5.53 Å². The Kier molecular flexibility index (Phi) is 3.25. The molecule has 2 aromatic rings. The van der Waals surface area contributed by atoms with Crippen LogP contribution in [0.2, 0.25) is 0 Å². The van der Waals surface area contributed by atoms with Gasteiger partial charge in [0.1, 0.15) is 5.69 Å². The molecule has 0 saturated heterocycles. The second kappa shape index (κ2) is 5.03. The first-order valence-electron chi connectivity index (χ1n) is 5.12. The minimum atomic E-state index is -0.235. The van der Waals surface area contributed by atoms with Crippen molar-refractivity contribution in [2.45, 2.75) is 0 Å². The number of nitrogens with zero attached hydrogens (tertiary/aromatic N) is 2. The average molecular weight is 224 g/mol. The van der Waals surface area contributed by atoms with Crippen LogP contribution in [0.5, 0.6) is 0 Å². The number of rotatable bonds is 3. The number of anilines is 1. The SMILES string of the molecule is [N]=Nc1ccccc1NC(=O)c1ccccc1. The molecule has 83 valence electrons. The lowest BCUT2D eigenvalue weighted by atomic mass is 10.2. The van der Waals surface area contributed by atoms with Crippen molar-refractivity contribution in [2.24, 2.45) is 5.11 Å². The summed E-state index contributed by atoms with van der Waals surface area (Å²) in [6.45, 7) is 0. The summed E-state index contributed by atoms with van der Waals surface area (Å²) >= 11 is 0. The molecule has 0 aliphatic heterocycles. The van der Waals surface area contributed by atoms with Crippen LogP contribution in [0.3, 0.4) is 0 Å². The normalized spacial score (nSPS) is 9.65. The molecule has 0 fully saturated rings. The van der Waals surface area contributed by atoms with Crippen molar-refractivity contribution in [3.05, 3.63) is 60.2 Å². The van der Waals surface area contributed by atoms with Gasteiger partial charge in [0, 0.05) is 5.56 Å². The van der Waals surface area contributed by atoms with Gasteiger partial charge in [0.15, 0.2) is 0 Å². The molecular formula is C13H10N3O. The van der Waals surface area contributed by atoms with E-state index in [-0.39, 0.29) is 5.91 Å². The second-order valence-corrected chi connectivity index (χ2v) is 3.44. The molecule has 0 saturated carbocycles. The summed E-state index contributed by atoms with van der Waals surface area (Å²) in [6, 6.07) is 15.6. The molecule has 0 heterocycles. The molecule has 0 unspecified atom stereocenters. The Morgan fingerprint density at radius 1 is 1.00 bits per heavy atom. The van der Waals surface area contributed by atoms with Gasteiger partial charge in [-0.1, -0.05) is 30.3 Å². The predicted octanol–water partition coefficient (Wildman–Crippen LogP) is 2.82. The lowest BCUT2D eigenvalue weighted by Gasteiger charge is -2.06. The Morgan fingerprint density at radius 2 is 1.65 bits per heavy atom. The van der Waals surface area contributed by atoms with Crippen LogP contribution in [0.15, 0.2) is 59.7 Å². The van der Waals surface area contributed by atoms with Gasteiger partial charge < -0.3 is 5.32 Å². The van der Waals surface area contributed by atoms with E-state index in [1.54, 1.807) is 48.5 Å². The zero-order valence-electron chi connectivity index (χ0n) is 9.00. The first-order chi connectivity index (χ1) is 8.31. The third kappa shape index (κ3) is 2.55. The van der Waals surface area contributed by atoms with E-state index >= 15 is 0 Å². The summed E-state index contributed by atoms with van der Waals surface area (Å²) < 4.78 is 0. The summed E-state index contributed by atoms with van der Waals surface area (Å²) in [5.74, 6) is -0.235. The van der Waals surface area contributed by atoms with Gasteiger partial charge in [0.2, 0.25) is 0 Å². The Morgan fingerprint density at radius 3 is 2.35 bits per heavy atom. The van der Waals surface area contributed by atoms with E-state index in [1.165, 1.54) is 0 Å². The van der Waals surface area contributed by atoms with Crippen molar-refractivity contribution < 1.29 is 4.79 Å². The van der Waals surface area contributed by atoms with Crippen LogP contribution in [-0.2, 0) is 0 Å². The number of hydrogen-bond donors (Lipinski definition) is 1. The van der Waals surface area contributed by atoms with Crippen molar-refractivity contribution in [3.63, 3.8) is 0 Å². The number of para-hydroxylation sites is 1. The highest BCUT2D eigenvalue weighted by atomic mass is 16.1. The Balaban J connectivity index is 2.22. The van der Waals surface area contributed by atoms with Gasteiger partial charge >= 0.3 is 0 Å². The van der Waals surface area contributed by atoms with Crippen LogP contribution in [0.25, 0.3) is 0 Å². The molecule has 2 aromatic carbocycles.